The Balaban J connectivity index is 1.90. The van der Waals surface area contributed by atoms with Crippen molar-refractivity contribution >= 4 is 32.5 Å². The number of hydrogen-bond donors (Lipinski definition) is 1. The molecule has 0 aliphatic rings. The van der Waals surface area contributed by atoms with Crippen LogP contribution < -0.4 is 0 Å². The number of hydrogen-bond acceptors (Lipinski definition) is 5. The van der Waals surface area contributed by atoms with Crippen molar-refractivity contribution in [1.82, 2.24) is 4.98 Å². The van der Waals surface area contributed by atoms with Crippen molar-refractivity contribution in [3.63, 3.8) is 0 Å². The topological polar surface area (TPSA) is 93.3 Å². The Labute approximate surface area is 163 Å². The third kappa shape index (κ3) is 3.57. The van der Waals surface area contributed by atoms with Gasteiger partial charge in [-0.25, -0.2) is 13.2 Å². The number of Topliss-reactive ketones (excluding diaryl/α,β-unsaturated/α-hetero) is 1. The van der Waals surface area contributed by atoms with Crippen LogP contribution in [-0.4, -0.2) is 37.0 Å². The summed E-state index contributed by atoms with van der Waals surface area (Å²) >= 11 is 0. The number of sulfone groups is 1. The summed E-state index contributed by atoms with van der Waals surface area (Å²) in [6, 6.07) is 13.2. The quantitative estimate of drug-likeness (QED) is 0.504. The SMILES string of the molecule is CCS(=O)(=O)c1ccccc1C(=O)O[C@@H](C)C(=O)c1c(C)[nH]c2ccccc12. The van der Waals surface area contributed by atoms with Crippen LogP contribution in [0.4, 0.5) is 0 Å². The molecule has 1 aromatic heterocycles. The number of aromatic amines is 1. The summed E-state index contributed by atoms with van der Waals surface area (Å²) in [5.41, 5.74) is 1.90. The molecule has 1 N–H and O–H groups in total. The van der Waals surface area contributed by atoms with Gasteiger partial charge >= 0.3 is 5.97 Å². The van der Waals surface area contributed by atoms with Crippen molar-refractivity contribution in [3.8, 4) is 0 Å². The van der Waals surface area contributed by atoms with Gasteiger partial charge in [0.05, 0.1) is 16.2 Å². The first kappa shape index (κ1) is 19.8. The number of H-pyrrole nitrogens is 1. The maximum atomic E-state index is 12.9. The molecule has 1 heterocycles. The molecule has 0 radical (unpaired) electrons. The lowest BCUT2D eigenvalue weighted by Crippen LogP contribution is -2.26. The Kier molecular flexibility index (Phi) is 5.38. The number of carbonyl (C=O) groups is 2. The first-order chi connectivity index (χ1) is 13.3. The number of fused-ring (bicyclic) bond motifs is 1. The molecular formula is C21H21NO5S. The fraction of sp³-hybridized carbons (Fsp3) is 0.238. The smallest absolute Gasteiger partial charge is 0.340 e. The van der Waals surface area contributed by atoms with Gasteiger partial charge in [-0.05, 0) is 32.0 Å². The van der Waals surface area contributed by atoms with Gasteiger partial charge in [0.15, 0.2) is 15.9 Å². The van der Waals surface area contributed by atoms with Gasteiger partial charge in [0.25, 0.3) is 0 Å². The number of benzene rings is 2. The largest absolute Gasteiger partial charge is 0.451 e. The second-order valence-electron chi connectivity index (χ2n) is 6.48. The van der Waals surface area contributed by atoms with Crippen molar-refractivity contribution < 1.29 is 22.7 Å². The molecule has 0 unspecified atom stereocenters. The maximum Gasteiger partial charge on any atom is 0.340 e. The Bertz CT molecular complexity index is 1160. The van der Waals surface area contributed by atoms with E-state index in [-0.39, 0.29) is 22.0 Å². The molecule has 3 rings (SSSR count). The lowest BCUT2D eigenvalue weighted by atomic mass is 10.0. The highest BCUT2D eigenvalue weighted by Gasteiger charge is 2.27. The first-order valence-corrected chi connectivity index (χ1v) is 10.6. The van der Waals surface area contributed by atoms with E-state index in [1.165, 1.54) is 26.0 Å². The average molecular weight is 399 g/mol. The lowest BCUT2D eigenvalue weighted by Gasteiger charge is -2.14. The monoisotopic (exact) mass is 399 g/mol. The van der Waals surface area contributed by atoms with E-state index in [2.05, 4.69) is 4.98 Å². The minimum absolute atomic E-state index is 0.0698. The van der Waals surface area contributed by atoms with Crippen LogP contribution >= 0.6 is 0 Å². The van der Waals surface area contributed by atoms with E-state index in [9.17, 15) is 18.0 Å². The van der Waals surface area contributed by atoms with Crippen LogP contribution in [0.2, 0.25) is 0 Å². The van der Waals surface area contributed by atoms with Gasteiger partial charge in [0.1, 0.15) is 0 Å². The van der Waals surface area contributed by atoms with Crippen LogP contribution in [0.5, 0.6) is 0 Å². The second-order valence-corrected chi connectivity index (χ2v) is 8.73. The molecule has 28 heavy (non-hydrogen) atoms. The highest BCUT2D eigenvalue weighted by Crippen LogP contribution is 2.25. The van der Waals surface area contributed by atoms with Gasteiger partial charge in [-0.15, -0.1) is 0 Å². The predicted molar refractivity (Wildman–Crippen MR) is 106 cm³/mol. The molecule has 0 aliphatic heterocycles. The summed E-state index contributed by atoms with van der Waals surface area (Å²) in [4.78, 5) is 28.6. The highest BCUT2D eigenvalue weighted by atomic mass is 32.2. The molecule has 0 bridgehead atoms. The summed E-state index contributed by atoms with van der Waals surface area (Å²) < 4.78 is 29.8. The molecule has 0 amide bonds. The molecule has 1 atom stereocenters. The Morgan fingerprint density at radius 3 is 2.43 bits per heavy atom. The minimum Gasteiger partial charge on any atom is -0.451 e. The van der Waals surface area contributed by atoms with E-state index >= 15 is 0 Å². The van der Waals surface area contributed by atoms with E-state index in [4.69, 9.17) is 4.74 Å². The number of carbonyl (C=O) groups excluding carboxylic acids is 2. The molecule has 146 valence electrons. The van der Waals surface area contributed by atoms with E-state index < -0.39 is 21.9 Å². The fourth-order valence-corrected chi connectivity index (χ4v) is 4.22. The summed E-state index contributed by atoms with van der Waals surface area (Å²) in [5, 5.41) is 0.752. The van der Waals surface area contributed by atoms with E-state index in [1.807, 2.05) is 24.3 Å². The van der Waals surface area contributed by atoms with Gasteiger partial charge < -0.3 is 9.72 Å². The van der Waals surface area contributed by atoms with Gasteiger partial charge in [-0.1, -0.05) is 37.3 Å². The zero-order valence-electron chi connectivity index (χ0n) is 15.9. The number of nitrogens with one attached hydrogen (secondary N) is 1. The number of aromatic nitrogens is 1. The van der Waals surface area contributed by atoms with Crippen LogP contribution in [0, 0.1) is 6.92 Å². The minimum atomic E-state index is -3.60. The second kappa shape index (κ2) is 7.59. The van der Waals surface area contributed by atoms with Crippen molar-refractivity contribution in [3.05, 3.63) is 65.4 Å². The molecule has 2 aromatic carbocycles. The molecular weight excluding hydrogens is 378 g/mol. The summed E-state index contributed by atoms with van der Waals surface area (Å²) in [6.07, 6.45) is -1.07. The van der Waals surface area contributed by atoms with Crippen molar-refractivity contribution in [1.29, 1.82) is 0 Å². The molecule has 6 nitrogen and oxygen atoms in total. The number of aryl methyl sites for hydroxylation is 1. The van der Waals surface area contributed by atoms with Crippen LogP contribution in [0.3, 0.4) is 0 Å². The molecule has 0 spiro atoms. The van der Waals surface area contributed by atoms with Crippen molar-refractivity contribution in [2.75, 3.05) is 5.75 Å². The van der Waals surface area contributed by atoms with E-state index in [0.29, 0.717) is 11.3 Å². The number of ether oxygens (including phenoxy) is 1. The van der Waals surface area contributed by atoms with Crippen LogP contribution in [0.15, 0.2) is 53.4 Å². The van der Waals surface area contributed by atoms with Crippen LogP contribution in [0.25, 0.3) is 10.9 Å². The summed E-state index contributed by atoms with van der Waals surface area (Å²) in [7, 11) is -3.60. The third-order valence-electron chi connectivity index (χ3n) is 4.62. The number of para-hydroxylation sites is 1. The van der Waals surface area contributed by atoms with Crippen LogP contribution in [-0.2, 0) is 14.6 Å². The Hall–Kier alpha value is -2.93. The normalized spacial score (nSPS) is 12.7. The zero-order valence-corrected chi connectivity index (χ0v) is 16.7. The van der Waals surface area contributed by atoms with Gasteiger partial charge in [0.2, 0.25) is 5.78 Å². The van der Waals surface area contributed by atoms with E-state index in [0.717, 1.165) is 10.9 Å². The van der Waals surface area contributed by atoms with Crippen molar-refractivity contribution in [2.45, 2.75) is 31.8 Å². The molecule has 0 saturated carbocycles. The predicted octanol–water partition coefficient (Wildman–Crippen LogP) is 3.70. The number of rotatable bonds is 6. The first-order valence-electron chi connectivity index (χ1n) is 8.90. The van der Waals surface area contributed by atoms with Gasteiger partial charge in [-0.3, -0.25) is 4.79 Å². The Morgan fingerprint density at radius 1 is 1.07 bits per heavy atom. The van der Waals surface area contributed by atoms with Gasteiger partial charge in [0, 0.05) is 22.2 Å². The molecule has 7 heteroatoms. The Morgan fingerprint density at radius 2 is 1.71 bits per heavy atom. The highest BCUT2D eigenvalue weighted by molar-refractivity contribution is 7.91. The number of ketones is 1. The molecule has 0 fully saturated rings. The number of esters is 1. The molecule has 0 aliphatic carbocycles. The van der Waals surface area contributed by atoms with Crippen LogP contribution in [0.1, 0.15) is 40.3 Å². The van der Waals surface area contributed by atoms with E-state index in [1.54, 1.807) is 19.1 Å². The molecule has 3 aromatic rings. The third-order valence-corrected chi connectivity index (χ3v) is 6.40. The fourth-order valence-electron chi connectivity index (χ4n) is 3.14. The standard InChI is InChI=1S/C21H21NO5S/c1-4-28(25,26)18-12-8-6-10-16(18)21(24)27-14(3)20(23)19-13(2)22-17-11-7-5-9-15(17)19/h5-12,14,22H,4H2,1-3H3/t14-/m0/s1. The maximum absolute atomic E-state index is 12.9. The summed E-state index contributed by atoms with van der Waals surface area (Å²) in [5.74, 6) is -1.33. The van der Waals surface area contributed by atoms with Gasteiger partial charge in [-0.2, -0.15) is 0 Å². The summed E-state index contributed by atoms with van der Waals surface area (Å²) in [6.45, 7) is 4.77. The average Bonchev–Trinajstić information content (AvgIpc) is 3.02. The molecule has 0 saturated heterocycles. The zero-order chi connectivity index (χ0) is 20.5. The van der Waals surface area contributed by atoms with Crippen molar-refractivity contribution in [2.24, 2.45) is 0 Å². The lowest BCUT2D eigenvalue weighted by molar-refractivity contribution is 0.0315.